The van der Waals surface area contributed by atoms with Gasteiger partial charge in [0.05, 0.1) is 17.1 Å². The number of fused-ring (bicyclic) bond motifs is 4. The Labute approximate surface area is 207 Å². The van der Waals surface area contributed by atoms with E-state index in [1.165, 1.54) is 29.8 Å². The van der Waals surface area contributed by atoms with Gasteiger partial charge in [-0.3, -0.25) is 14.8 Å². The van der Waals surface area contributed by atoms with Gasteiger partial charge in [-0.1, -0.05) is 0 Å². The summed E-state index contributed by atoms with van der Waals surface area (Å²) in [5, 5.41) is 12.8. The molecule has 7 rings (SSSR count). The summed E-state index contributed by atoms with van der Waals surface area (Å²) in [6, 6.07) is 6.13. The summed E-state index contributed by atoms with van der Waals surface area (Å²) >= 11 is 1.73. The third kappa shape index (κ3) is 4.06. The summed E-state index contributed by atoms with van der Waals surface area (Å²) in [5.41, 5.74) is 3.30. The van der Waals surface area contributed by atoms with Gasteiger partial charge < -0.3 is 10.2 Å². The van der Waals surface area contributed by atoms with Crippen LogP contribution in [0.15, 0.2) is 30.7 Å². The highest BCUT2D eigenvalue weighted by Crippen LogP contribution is 2.41. The average molecular weight is 488 g/mol. The molecule has 1 saturated carbocycles. The van der Waals surface area contributed by atoms with Crippen molar-refractivity contribution < 1.29 is 4.79 Å². The van der Waals surface area contributed by atoms with Crippen molar-refractivity contribution in [2.45, 2.75) is 32.1 Å². The molecule has 1 aliphatic heterocycles. The normalized spacial score (nSPS) is 20.9. The zero-order valence-corrected chi connectivity index (χ0v) is 20.5. The minimum atomic E-state index is 0.0819. The molecule has 1 amide bonds. The molecule has 3 aromatic heterocycles. The van der Waals surface area contributed by atoms with E-state index in [9.17, 15) is 4.79 Å². The zero-order chi connectivity index (χ0) is 23.4. The minimum absolute atomic E-state index is 0.0819. The van der Waals surface area contributed by atoms with Crippen LogP contribution in [0.4, 0.5) is 11.5 Å². The topological polar surface area (TPSA) is 90.0 Å². The highest BCUT2D eigenvalue weighted by molar-refractivity contribution is 7.19. The van der Waals surface area contributed by atoms with Gasteiger partial charge in [-0.2, -0.15) is 5.10 Å². The van der Waals surface area contributed by atoms with Gasteiger partial charge in [0.15, 0.2) is 0 Å². The number of hydrogen-bond acceptors (Lipinski definition) is 7. The van der Waals surface area contributed by atoms with E-state index in [2.05, 4.69) is 41.3 Å². The lowest BCUT2D eigenvalue weighted by atomic mass is 9.86. The van der Waals surface area contributed by atoms with Crippen molar-refractivity contribution in [1.82, 2.24) is 30.0 Å². The molecule has 4 aromatic rings. The molecule has 1 saturated heterocycles. The molecule has 0 radical (unpaired) electrons. The molecule has 35 heavy (non-hydrogen) atoms. The van der Waals surface area contributed by atoms with Crippen LogP contribution < -0.4 is 5.32 Å². The Hall–Kier alpha value is -3.04. The van der Waals surface area contributed by atoms with Crippen molar-refractivity contribution in [2.24, 2.45) is 11.8 Å². The molecule has 8 nitrogen and oxygen atoms in total. The summed E-state index contributed by atoms with van der Waals surface area (Å²) < 4.78 is 0. The number of hydrogen-bond donors (Lipinski definition) is 2. The molecule has 2 N–H and O–H groups in total. The van der Waals surface area contributed by atoms with Crippen LogP contribution in [0.2, 0.25) is 0 Å². The predicted octanol–water partition coefficient (Wildman–Crippen LogP) is 3.97. The predicted molar refractivity (Wildman–Crippen MR) is 138 cm³/mol. The smallest absolute Gasteiger partial charge is 0.226 e. The van der Waals surface area contributed by atoms with Crippen LogP contribution in [0.25, 0.3) is 21.1 Å². The van der Waals surface area contributed by atoms with Crippen LogP contribution in [-0.2, 0) is 17.6 Å². The van der Waals surface area contributed by atoms with E-state index in [4.69, 9.17) is 0 Å². The average Bonchev–Trinajstić information content (AvgIpc) is 3.43. The highest BCUT2D eigenvalue weighted by atomic mass is 32.1. The van der Waals surface area contributed by atoms with Crippen molar-refractivity contribution in [3.8, 4) is 0 Å². The summed E-state index contributed by atoms with van der Waals surface area (Å²) in [6.07, 6.45) is 8.85. The molecule has 1 atom stereocenters. The maximum atomic E-state index is 13.4. The Balaban J connectivity index is 1.08. The SMILES string of the molecule is O=C(C1CCc2c(sc3ncnc(Nc4ccc5[nH]ncc5c4)c23)C1)N1CCN(CC2CC2)CC1. The van der Waals surface area contributed by atoms with Crippen LogP contribution in [0.1, 0.15) is 29.7 Å². The van der Waals surface area contributed by atoms with Gasteiger partial charge in [0.1, 0.15) is 17.0 Å². The van der Waals surface area contributed by atoms with Gasteiger partial charge >= 0.3 is 0 Å². The second-order valence-corrected chi connectivity index (χ2v) is 11.3. The van der Waals surface area contributed by atoms with Gasteiger partial charge in [-0.15, -0.1) is 11.3 Å². The molecular formula is C26H29N7OS. The Morgan fingerprint density at radius 3 is 2.89 bits per heavy atom. The fourth-order valence-corrected chi connectivity index (χ4v) is 6.91. The number of aromatic nitrogens is 4. The molecule has 0 bridgehead atoms. The number of thiophene rings is 1. The number of carbonyl (C=O) groups is 1. The fraction of sp³-hybridized carbons (Fsp3) is 0.462. The first-order valence-corrected chi connectivity index (χ1v) is 13.5. The Morgan fingerprint density at radius 2 is 2.03 bits per heavy atom. The van der Waals surface area contributed by atoms with Gasteiger partial charge in [0, 0.05) is 54.6 Å². The van der Waals surface area contributed by atoms with Crippen molar-refractivity contribution in [3.63, 3.8) is 0 Å². The number of amides is 1. The maximum absolute atomic E-state index is 13.4. The summed E-state index contributed by atoms with van der Waals surface area (Å²) in [7, 11) is 0. The monoisotopic (exact) mass is 487 g/mol. The lowest BCUT2D eigenvalue weighted by Gasteiger charge is -2.37. The molecular weight excluding hydrogens is 458 g/mol. The van der Waals surface area contributed by atoms with Crippen molar-refractivity contribution in [2.75, 3.05) is 38.0 Å². The number of nitrogens with one attached hydrogen (secondary N) is 2. The number of carbonyl (C=O) groups excluding carboxylic acids is 1. The number of benzene rings is 1. The third-order valence-electron chi connectivity index (χ3n) is 7.79. The third-order valence-corrected chi connectivity index (χ3v) is 8.96. The minimum Gasteiger partial charge on any atom is -0.340 e. The second kappa shape index (κ2) is 8.57. The standard InChI is InChI=1S/C26H29N7OS/c34-26(33-9-7-32(8-10-33)14-16-1-2-16)17-3-5-20-22(12-17)35-25-23(20)24(27-15-28-25)30-19-4-6-21-18(11-19)13-29-31-21/h4,6,11,13,15-17H,1-3,5,7-10,12,14H2,(H,29,31)(H,27,28,30). The first-order chi connectivity index (χ1) is 17.2. The lowest BCUT2D eigenvalue weighted by Crippen LogP contribution is -2.51. The lowest BCUT2D eigenvalue weighted by molar-refractivity contribution is -0.137. The van der Waals surface area contributed by atoms with E-state index in [0.29, 0.717) is 5.91 Å². The Morgan fingerprint density at radius 1 is 1.14 bits per heavy atom. The van der Waals surface area contributed by atoms with Crippen LogP contribution in [0.5, 0.6) is 0 Å². The summed E-state index contributed by atoms with van der Waals surface area (Å²) in [5.74, 6) is 2.18. The number of piperazine rings is 1. The second-order valence-electron chi connectivity index (χ2n) is 10.2. The molecule has 0 spiro atoms. The Bertz CT molecular complexity index is 1400. The Kier molecular flexibility index (Phi) is 5.20. The van der Waals surface area contributed by atoms with E-state index in [0.717, 1.165) is 84.0 Å². The van der Waals surface area contributed by atoms with Crippen molar-refractivity contribution in [1.29, 1.82) is 0 Å². The van der Waals surface area contributed by atoms with E-state index in [1.54, 1.807) is 17.7 Å². The van der Waals surface area contributed by atoms with Crippen LogP contribution in [0.3, 0.4) is 0 Å². The zero-order valence-electron chi connectivity index (χ0n) is 19.7. The molecule has 2 fully saturated rings. The van der Waals surface area contributed by atoms with Crippen molar-refractivity contribution in [3.05, 3.63) is 41.2 Å². The summed E-state index contributed by atoms with van der Waals surface area (Å²) in [6.45, 7) is 5.03. The number of rotatable bonds is 5. The van der Waals surface area contributed by atoms with Gasteiger partial charge in [0.25, 0.3) is 0 Å². The number of H-pyrrole nitrogens is 1. The quantitative estimate of drug-likeness (QED) is 0.443. The molecule has 1 unspecified atom stereocenters. The van der Waals surface area contributed by atoms with E-state index >= 15 is 0 Å². The fourth-order valence-electron chi connectivity index (χ4n) is 5.65. The van der Waals surface area contributed by atoms with Crippen LogP contribution in [0, 0.1) is 11.8 Å². The number of aromatic amines is 1. The molecule has 1 aromatic carbocycles. The molecule has 2 aliphatic carbocycles. The molecule has 3 aliphatic rings. The van der Waals surface area contributed by atoms with E-state index in [1.807, 2.05) is 18.3 Å². The number of aryl methyl sites for hydroxylation is 1. The van der Waals surface area contributed by atoms with Gasteiger partial charge in [0.2, 0.25) is 5.91 Å². The van der Waals surface area contributed by atoms with Gasteiger partial charge in [-0.05, 0) is 61.8 Å². The molecule has 180 valence electrons. The van der Waals surface area contributed by atoms with Crippen LogP contribution >= 0.6 is 11.3 Å². The van der Waals surface area contributed by atoms with Crippen molar-refractivity contribution >= 4 is 49.9 Å². The largest absolute Gasteiger partial charge is 0.340 e. The van der Waals surface area contributed by atoms with Gasteiger partial charge in [-0.25, -0.2) is 9.97 Å². The van der Waals surface area contributed by atoms with E-state index in [-0.39, 0.29) is 5.92 Å². The first kappa shape index (κ1) is 21.3. The maximum Gasteiger partial charge on any atom is 0.226 e. The highest BCUT2D eigenvalue weighted by Gasteiger charge is 2.33. The number of nitrogens with zero attached hydrogens (tertiary/aromatic N) is 5. The summed E-state index contributed by atoms with van der Waals surface area (Å²) in [4.78, 5) is 29.5. The van der Waals surface area contributed by atoms with E-state index < -0.39 is 0 Å². The van der Waals surface area contributed by atoms with Crippen LogP contribution in [-0.4, -0.2) is 68.6 Å². The first-order valence-electron chi connectivity index (χ1n) is 12.7. The molecule has 9 heteroatoms. The number of anilines is 2. The molecule has 4 heterocycles.